The SMILES string of the molecule is C[C@@H]1O[C@@H](Sc2ccccc2)C[C@H](O[Si](C)(C)C(C)(C)C)[C@H]1O[Si](C)(C)C(C)(C)C. The number of benzene rings is 1. The second-order valence-corrected chi connectivity index (χ2v) is 22.4. The van der Waals surface area contributed by atoms with Crippen LogP contribution in [0.5, 0.6) is 0 Å². The monoisotopic (exact) mass is 468 g/mol. The average molecular weight is 469 g/mol. The largest absolute Gasteiger partial charge is 0.411 e. The lowest BCUT2D eigenvalue weighted by atomic mass is 10.0. The van der Waals surface area contributed by atoms with Crippen LogP contribution in [0.1, 0.15) is 54.9 Å². The van der Waals surface area contributed by atoms with Crippen molar-refractivity contribution in [3.05, 3.63) is 30.3 Å². The van der Waals surface area contributed by atoms with Gasteiger partial charge in [0.05, 0.1) is 18.3 Å². The van der Waals surface area contributed by atoms with E-state index in [2.05, 4.69) is 105 Å². The topological polar surface area (TPSA) is 27.7 Å². The first-order valence-corrected chi connectivity index (χ1v) is 18.0. The lowest BCUT2D eigenvalue weighted by molar-refractivity contribution is -0.126. The first kappa shape index (κ1) is 26.1. The molecule has 0 spiro atoms. The molecular formula is C24H44O3SSi2. The minimum absolute atomic E-state index is 0.00357. The molecule has 0 saturated carbocycles. The van der Waals surface area contributed by atoms with Crippen molar-refractivity contribution < 1.29 is 13.6 Å². The number of ether oxygens (including phenoxy) is 1. The molecule has 0 amide bonds. The van der Waals surface area contributed by atoms with Gasteiger partial charge in [-0.2, -0.15) is 0 Å². The predicted molar refractivity (Wildman–Crippen MR) is 135 cm³/mol. The summed E-state index contributed by atoms with van der Waals surface area (Å²) in [5.74, 6) is 0. The molecule has 2 rings (SSSR count). The highest BCUT2D eigenvalue weighted by atomic mass is 32.2. The van der Waals surface area contributed by atoms with Gasteiger partial charge in [-0.1, -0.05) is 71.5 Å². The van der Waals surface area contributed by atoms with Crippen LogP contribution in [0.15, 0.2) is 35.2 Å². The Bertz CT molecular complexity index is 680. The predicted octanol–water partition coefficient (Wildman–Crippen LogP) is 7.69. The van der Waals surface area contributed by atoms with Gasteiger partial charge >= 0.3 is 0 Å². The molecule has 4 atom stereocenters. The van der Waals surface area contributed by atoms with Gasteiger partial charge in [-0.25, -0.2) is 0 Å². The molecule has 1 aliphatic heterocycles. The first-order valence-electron chi connectivity index (χ1n) is 11.3. The smallest absolute Gasteiger partial charge is 0.192 e. The summed E-state index contributed by atoms with van der Waals surface area (Å²) in [4.78, 5) is 1.24. The van der Waals surface area contributed by atoms with Gasteiger partial charge in [0, 0.05) is 11.3 Å². The van der Waals surface area contributed by atoms with Crippen LogP contribution in [0.2, 0.25) is 36.3 Å². The van der Waals surface area contributed by atoms with E-state index in [1.807, 2.05) is 0 Å². The van der Waals surface area contributed by atoms with Gasteiger partial charge in [0.25, 0.3) is 0 Å². The fourth-order valence-corrected chi connectivity index (χ4v) is 6.94. The van der Waals surface area contributed by atoms with E-state index in [-0.39, 0.29) is 33.8 Å². The van der Waals surface area contributed by atoms with E-state index in [9.17, 15) is 0 Å². The maximum atomic E-state index is 7.00. The zero-order chi connectivity index (χ0) is 23.0. The molecule has 0 aromatic heterocycles. The van der Waals surface area contributed by atoms with Crippen LogP contribution in [0.3, 0.4) is 0 Å². The summed E-state index contributed by atoms with van der Waals surface area (Å²) in [6.45, 7) is 25.3. The van der Waals surface area contributed by atoms with E-state index in [4.69, 9.17) is 13.6 Å². The summed E-state index contributed by atoms with van der Waals surface area (Å²) < 4.78 is 20.4. The van der Waals surface area contributed by atoms with E-state index >= 15 is 0 Å². The van der Waals surface area contributed by atoms with Crippen molar-refractivity contribution in [2.45, 2.75) is 120 Å². The van der Waals surface area contributed by atoms with Crippen molar-refractivity contribution in [2.75, 3.05) is 0 Å². The molecule has 1 aromatic rings. The fraction of sp³-hybridized carbons (Fsp3) is 0.750. The molecule has 0 N–H and O–H groups in total. The van der Waals surface area contributed by atoms with Crippen molar-refractivity contribution in [2.24, 2.45) is 0 Å². The summed E-state index contributed by atoms with van der Waals surface area (Å²) >= 11 is 1.80. The van der Waals surface area contributed by atoms with Crippen LogP contribution in [0, 0.1) is 0 Å². The Kier molecular flexibility index (Phi) is 8.19. The lowest BCUT2D eigenvalue weighted by Gasteiger charge is -2.49. The van der Waals surface area contributed by atoms with Crippen molar-refractivity contribution in [3.8, 4) is 0 Å². The molecule has 1 aromatic carbocycles. The molecule has 0 radical (unpaired) electrons. The van der Waals surface area contributed by atoms with Crippen LogP contribution in [0.25, 0.3) is 0 Å². The molecule has 172 valence electrons. The van der Waals surface area contributed by atoms with Crippen LogP contribution in [-0.2, 0) is 13.6 Å². The highest BCUT2D eigenvalue weighted by molar-refractivity contribution is 7.99. The van der Waals surface area contributed by atoms with Crippen LogP contribution in [0.4, 0.5) is 0 Å². The van der Waals surface area contributed by atoms with Crippen molar-refractivity contribution in [1.29, 1.82) is 0 Å². The Morgan fingerprint density at radius 2 is 1.37 bits per heavy atom. The minimum atomic E-state index is -1.94. The third-order valence-corrected chi connectivity index (χ3v) is 17.2. The van der Waals surface area contributed by atoms with Gasteiger partial charge in [0.2, 0.25) is 0 Å². The number of rotatable bonds is 6. The highest BCUT2D eigenvalue weighted by Gasteiger charge is 2.49. The van der Waals surface area contributed by atoms with Gasteiger partial charge in [-0.05, 0) is 55.3 Å². The standard InChI is InChI=1S/C24H44O3SSi2/c1-18-22(27-30(10,11)24(5,6)7)20(26-29(8,9)23(2,3)4)17-21(25-18)28-19-15-13-12-14-16-19/h12-16,18,20-22H,17H2,1-11H3/t18-,20-,21-,22-/m0/s1. The summed E-state index contributed by atoms with van der Waals surface area (Å²) in [6.07, 6.45) is 0.900. The van der Waals surface area contributed by atoms with Crippen molar-refractivity contribution >= 4 is 28.4 Å². The molecule has 1 saturated heterocycles. The molecule has 6 heteroatoms. The average Bonchev–Trinajstić information content (AvgIpc) is 2.56. The minimum Gasteiger partial charge on any atom is -0.411 e. The fourth-order valence-electron chi connectivity index (χ4n) is 3.08. The Morgan fingerprint density at radius 3 is 1.87 bits per heavy atom. The van der Waals surface area contributed by atoms with Gasteiger partial charge in [0.1, 0.15) is 5.44 Å². The quantitative estimate of drug-likeness (QED) is 0.400. The van der Waals surface area contributed by atoms with E-state index in [1.165, 1.54) is 4.90 Å². The van der Waals surface area contributed by atoms with E-state index in [0.717, 1.165) is 6.42 Å². The van der Waals surface area contributed by atoms with E-state index < -0.39 is 16.6 Å². The van der Waals surface area contributed by atoms with Gasteiger partial charge in [0.15, 0.2) is 16.6 Å². The maximum absolute atomic E-state index is 7.00. The van der Waals surface area contributed by atoms with E-state index in [1.54, 1.807) is 11.8 Å². The van der Waals surface area contributed by atoms with Gasteiger partial charge in [-0.3, -0.25) is 0 Å². The van der Waals surface area contributed by atoms with Crippen molar-refractivity contribution in [3.63, 3.8) is 0 Å². The third kappa shape index (κ3) is 6.45. The number of thioether (sulfide) groups is 1. The third-order valence-electron chi connectivity index (χ3n) is 7.12. The number of hydrogen-bond donors (Lipinski definition) is 0. The number of hydrogen-bond acceptors (Lipinski definition) is 4. The Balaban J connectivity index is 2.28. The maximum Gasteiger partial charge on any atom is 0.192 e. The summed E-state index contributed by atoms with van der Waals surface area (Å²) in [5, 5.41) is 0.321. The first-order chi connectivity index (χ1) is 13.5. The van der Waals surface area contributed by atoms with Crippen molar-refractivity contribution in [1.82, 2.24) is 0 Å². The molecule has 3 nitrogen and oxygen atoms in total. The van der Waals surface area contributed by atoms with Crippen LogP contribution < -0.4 is 0 Å². The molecule has 0 unspecified atom stereocenters. The molecule has 0 aliphatic carbocycles. The Hall–Kier alpha value is -0.116. The molecule has 1 heterocycles. The zero-order valence-corrected chi connectivity index (χ0v) is 23.9. The normalized spacial score (nSPS) is 26.6. The Morgan fingerprint density at radius 1 is 0.867 bits per heavy atom. The van der Waals surface area contributed by atoms with Crippen LogP contribution in [-0.4, -0.2) is 40.4 Å². The lowest BCUT2D eigenvalue weighted by Crippen LogP contribution is -2.58. The molecule has 1 fully saturated rings. The highest BCUT2D eigenvalue weighted by Crippen LogP contribution is 2.44. The second-order valence-electron chi connectivity index (χ2n) is 11.7. The molecular weight excluding hydrogens is 425 g/mol. The summed E-state index contributed by atoms with van der Waals surface area (Å²) in [7, 11) is -3.88. The molecule has 0 bridgehead atoms. The second kappa shape index (κ2) is 9.40. The molecule has 1 aliphatic rings. The van der Waals surface area contributed by atoms with E-state index in [0.29, 0.717) is 0 Å². The summed E-state index contributed by atoms with van der Waals surface area (Å²) in [5.41, 5.74) is 0.0800. The summed E-state index contributed by atoms with van der Waals surface area (Å²) in [6, 6.07) is 10.5. The zero-order valence-electron chi connectivity index (χ0n) is 21.0. The van der Waals surface area contributed by atoms with Gasteiger partial charge < -0.3 is 13.6 Å². The van der Waals surface area contributed by atoms with Gasteiger partial charge in [-0.15, -0.1) is 0 Å². The Labute approximate surface area is 191 Å². The molecule has 30 heavy (non-hydrogen) atoms. The van der Waals surface area contributed by atoms with Crippen LogP contribution >= 0.6 is 11.8 Å².